The average molecular weight is 196 g/mol. The second kappa shape index (κ2) is 6.15. The van der Waals surface area contributed by atoms with Gasteiger partial charge in [-0.2, -0.15) is 0 Å². The molecule has 78 valence electrons. The molecule has 14 heavy (non-hydrogen) atoms. The summed E-state index contributed by atoms with van der Waals surface area (Å²) in [5.41, 5.74) is 0. The Morgan fingerprint density at radius 1 is 1.57 bits per heavy atom. The first-order chi connectivity index (χ1) is 6.83. The zero-order chi connectivity index (χ0) is 10.2. The van der Waals surface area contributed by atoms with Gasteiger partial charge in [0, 0.05) is 38.3 Å². The van der Waals surface area contributed by atoms with Crippen LogP contribution >= 0.6 is 0 Å². The standard InChI is InChI=1S/C9H16N4O/c1-10-4-3-9(14)13-5-2-8-11-6-7-12-8/h6-7,10H,2-5H2,1H3,(H,11,12)(H,13,14). The zero-order valence-corrected chi connectivity index (χ0v) is 8.34. The van der Waals surface area contributed by atoms with E-state index in [1.165, 1.54) is 0 Å². The number of nitrogens with zero attached hydrogens (tertiary/aromatic N) is 1. The molecule has 1 heterocycles. The minimum atomic E-state index is 0.0749. The minimum absolute atomic E-state index is 0.0749. The van der Waals surface area contributed by atoms with Crippen LogP contribution in [0.3, 0.4) is 0 Å². The lowest BCUT2D eigenvalue weighted by molar-refractivity contribution is -0.120. The van der Waals surface area contributed by atoms with Crippen molar-refractivity contribution in [2.24, 2.45) is 0 Å². The van der Waals surface area contributed by atoms with Gasteiger partial charge in [0.15, 0.2) is 0 Å². The Kier molecular flexibility index (Phi) is 4.71. The van der Waals surface area contributed by atoms with E-state index in [1.807, 2.05) is 7.05 Å². The summed E-state index contributed by atoms with van der Waals surface area (Å²) in [5, 5.41) is 5.74. The Labute approximate surface area is 83.3 Å². The topological polar surface area (TPSA) is 69.8 Å². The highest BCUT2D eigenvalue weighted by molar-refractivity contribution is 5.75. The van der Waals surface area contributed by atoms with E-state index in [9.17, 15) is 4.79 Å². The molecule has 1 amide bonds. The number of rotatable bonds is 6. The SMILES string of the molecule is CNCCC(=O)NCCc1ncc[nH]1. The van der Waals surface area contributed by atoms with Gasteiger partial charge in [-0.3, -0.25) is 4.79 Å². The molecule has 0 fully saturated rings. The average Bonchev–Trinajstić information content (AvgIpc) is 2.67. The summed E-state index contributed by atoms with van der Waals surface area (Å²) in [4.78, 5) is 18.2. The number of aromatic nitrogens is 2. The van der Waals surface area contributed by atoms with E-state index >= 15 is 0 Å². The summed E-state index contributed by atoms with van der Waals surface area (Å²) in [5.74, 6) is 0.977. The molecule has 0 aliphatic rings. The van der Waals surface area contributed by atoms with Crippen LogP contribution in [0.5, 0.6) is 0 Å². The fraction of sp³-hybridized carbons (Fsp3) is 0.556. The van der Waals surface area contributed by atoms with Gasteiger partial charge in [0.25, 0.3) is 0 Å². The highest BCUT2D eigenvalue weighted by atomic mass is 16.1. The quantitative estimate of drug-likeness (QED) is 0.584. The van der Waals surface area contributed by atoms with Gasteiger partial charge in [0.05, 0.1) is 0 Å². The first-order valence-corrected chi connectivity index (χ1v) is 4.72. The van der Waals surface area contributed by atoms with Crippen LogP contribution < -0.4 is 10.6 Å². The zero-order valence-electron chi connectivity index (χ0n) is 8.34. The lowest BCUT2D eigenvalue weighted by Crippen LogP contribution is -2.28. The van der Waals surface area contributed by atoms with E-state index in [0.717, 1.165) is 12.2 Å². The lowest BCUT2D eigenvalue weighted by Gasteiger charge is -2.03. The lowest BCUT2D eigenvalue weighted by atomic mass is 10.3. The van der Waals surface area contributed by atoms with E-state index in [0.29, 0.717) is 19.5 Å². The molecule has 0 atom stereocenters. The number of hydrogen-bond donors (Lipinski definition) is 3. The summed E-state index contributed by atoms with van der Waals surface area (Å²) in [7, 11) is 1.83. The van der Waals surface area contributed by atoms with Gasteiger partial charge >= 0.3 is 0 Å². The molecule has 0 saturated heterocycles. The number of carbonyl (C=O) groups excluding carboxylic acids is 1. The predicted molar refractivity (Wildman–Crippen MR) is 53.8 cm³/mol. The normalized spacial score (nSPS) is 10.1. The van der Waals surface area contributed by atoms with Crippen molar-refractivity contribution in [3.63, 3.8) is 0 Å². The maximum Gasteiger partial charge on any atom is 0.221 e. The number of amides is 1. The molecule has 0 aliphatic heterocycles. The molecule has 0 bridgehead atoms. The molecule has 1 rings (SSSR count). The van der Waals surface area contributed by atoms with E-state index in [-0.39, 0.29) is 5.91 Å². The van der Waals surface area contributed by atoms with Crippen molar-refractivity contribution >= 4 is 5.91 Å². The molecule has 0 spiro atoms. The van der Waals surface area contributed by atoms with E-state index in [4.69, 9.17) is 0 Å². The Bertz CT molecular complexity index is 258. The molecule has 5 heteroatoms. The van der Waals surface area contributed by atoms with Crippen molar-refractivity contribution in [1.29, 1.82) is 0 Å². The van der Waals surface area contributed by atoms with E-state index in [1.54, 1.807) is 12.4 Å². The first-order valence-electron chi connectivity index (χ1n) is 4.72. The smallest absolute Gasteiger partial charge is 0.221 e. The molecule has 5 nitrogen and oxygen atoms in total. The van der Waals surface area contributed by atoms with E-state index < -0.39 is 0 Å². The summed E-state index contributed by atoms with van der Waals surface area (Å²) in [6.07, 6.45) is 4.75. The number of carbonyl (C=O) groups is 1. The van der Waals surface area contributed by atoms with Gasteiger partial charge in [-0.1, -0.05) is 0 Å². The van der Waals surface area contributed by atoms with Crippen molar-refractivity contribution in [2.45, 2.75) is 12.8 Å². The van der Waals surface area contributed by atoms with Crippen LogP contribution in [0.4, 0.5) is 0 Å². The van der Waals surface area contributed by atoms with Gasteiger partial charge in [-0.05, 0) is 7.05 Å². The third kappa shape index (κ3) is 4.04. The molecule has 3 N–H and O–H groups in total. The number of H-pyrrole nitrogens is 1. The molecule has 0 aliphatic carbocycles. The van der Waals surface area contributed by atoms with Gasteiger partial charge in [-0.15, -0.1) is 0 Å². The van der Waals surface area contributed by atoms with Crippen molar-refractivity contribution < 1.29 is 4.79 Å². The third-order valence-electron chi connectivity index (χ3n) is 1.84. The second-order valence-electron chi connectivity index (χ2n) is 2.99. The predicted octanol–water partition coefficient (Wildman–Crippen LogP) is -0.322. The molecule has 0 radical (unpaired) electrons. The number of aromatic amines is 1. The van der Waals surface area contributed by atoms with Crippen molar-refractivity contribution in [3.8, 4) is 0 Å². The van der Waals surface area contributed by atoms with Crippen LogP contribution in [0, 0.1) is 0 Å². The molecule has 0 unspecified atom stereocenters. The van der Waals surface area contributed by atoms with Crippen molar-refractivity contribution in [1.82, 2.24) is 20.6 Å². The number of nitrogens with one attached hydrogen (secondary N) is 3. The second-order valence-corrected chi connectivity index (χ2v) is 2.99. The first kappa shape index (κ1) is 10.7. The van der Waals surface area contributed by atoms with Crippen molar-refractivity contribution in [2.75, 3.05) is 20.1 Å². The molecule has 1 aromatic heterocycles. The Morgan fingerprint density at radius 2 is 2.43 bits per heavy atom. The monoisotopic (exact) mass is 196 g/mol. The number of hydrogen-bond acceptors (Lipinski definition) is 3. The third-order valence-corrected chi connectivity index (χ3v) is 1.84. The van der Waals surface area contributed by atoms with Crippen molar-refractivity contribution in [3.05, 3.63) is 18.2 Å². The highest BCUT2D eigenvalue weighted by Crippen LogP contribution is 1.88. The highest BCUT2D eigenvalue weighted by Gasteiger charge is 1.99. The maximum atomic E-state index is 11.1. The Balaban J connectivity index is 2.06. The summed E-state index contributed by atoms with van der Waals surface area (Å²) in [6, 6.07) is 0. The van der Waals surface area contributed by atoms with Crippen LogP contribution in [-0.4, -0.2) is 36.0 Å². The van der Waals surface area contributed by atoms with Crippen LogP contribution in [0.15, 0.2) is 12.4 Å². The number of imidazole rings is 1. The Morgan fingerprint density at radius 3 is 3.07 bits per heavy atom. The van der Waals surface area contributed by atoms with Gasteiger partial charge < -0.3 is 15.6 Å². The van der Waals surface area contributed by atoms with E-state index in [2.05, 4.69) is 20.6 Å². The minimum Gasteiger partial charge on any atom is -0.356 e. The van der Waals surface area contributed by atoms with Crippen LogP contribution in [-0.2, 0) is 11.2 Å². The molecule has 0 aromatic carbocycles. The summed E-state index contributed by atoms with van der Waals surface area (Å²) in [6.45, 7) is 1.35. The Hall–Kier alpha value is -1.36. The van der Waals surface area contributed by atoms with Crippen LogP contribution in [0.2, 0.25) is 0 Å². The fourth-order valence-corrected chi connectivity index (χ4v) is 1.08. The molecular formula is C9H16N4O. The molecule has 1 aromatic rings. The van der Waals surface area contributed by atoms with Gasteiger partial charge in [0.2, 0.25) is 5.91 Å². The van der Waals surface area contributed by atoms with Crippen LogP contribution in [0.1, 0.15) is 12.2 Å². The summed E-state index contributed by atoms with van der Waals surface area (Å²) < 4.78 is 0. The fourth-order valence-electron chi connectivity index (χ4n) is 1.08. The van der Waals surface area contributed by atoms with Gasteiger partial charge in [-0.25, -0.2) is 4.98 Å². The maximum absolute atomic E-state index is 11.1. The molecule has 0 saturated carbocycles. The van der Waals surface area contributed by atoms with Gasteiger partial charge in [0.1, 0.15) is 5.82 Å². The largest absolute Gasteiger partial charge is 0.356 e. The summed E-state index contributed by atoms with van der Waals surface area (Å²) >= 11 is 0. The van der Waals surface area contributed by atoms with Crippen LogP contribution in [0.25, 0.3) is 0 Å². The molecular weight excluding hydrogens is 180 g/mol.